The lowest BCUT2D eigenvalue weighted by Crippen LogP contribution is -2.46. The van der Waals surface area contributed by atoms with Crippen LogP contribution in [0.4, 0.5) is 0 Å². The van der Waals surface area contributed by atoms with E-state index in [4.69, 9.17) is 0 Å². The molecule has 3 nitrogen and oxygen atoms in total. The average Bonchev–Trinajstić information content (AvgIpc) is 2.97. The predicted octanol–water partition coefficient (Wildman–Crippen LogP) is 3.96. The molecule has 2 heterocycles. The van der Waals surface area contributed by atoms with Crippen LogP contribution in [0, 0.1) is 0 Å². The molecule has 0 amide bonds. The maximum atomic E-state index is 13.1. The molecule has 1 spiro atoms. The summed E-state index contributed by atoms with van der Waals surface area (Å²) in [6.07, 6.45) is 0. The molecule has 0 aliphatic carbocycles. The van der Waals surface area contributed by atoms with Crippen molar-refractivity contribution in [2.45, 2.75) is 16.4 Å². The Balaban J connectivity index is 1.81. The lowest BCUT2D eigenvalue weighted by Gasteiger charge is -2.34. The Morgan fingerprint density at radius 2 is 1.81 bits per heavy atom. The quantitative estimate of drug-likeness (QED) is 0.798. The van der Waals surface area contributed by atoms with Crippen molar-refractivity contribution in [1.29, 1.82) is 0 Å². The Kier molecular flexibility index (Phi) is 2.93. The molecule has 0 bridgehead atoms. The number of carbonyl (C=O) groups is 1. The first-order chi connectivity index (χ1) is 10.3. The van der Waals surface area contributed by atoms with Crippen LogP contribution in [0.2, 0.25) is 0 Å². The smallest absolute Gasteiger partial charge is 0.194 e. The fourth-order valence-corrected chi connectivity index (χ4v) is 4.39. The third-order valence-electron chi connectivity index (χ3n) is 4.26. The topological polar surface area (TPSA) is 41.8 Å². The molecule has 0 fully saturated rings. The molecule has 2 aliphatic heterocycles. The van der Waals surface area contributed by atoms with Gasteiger partial charge in [0.25, 0.3) is 0 Å². The van der Waals surface area contributed by atoms with E-state index in [0.29, 0.717) is 12.3 Å². The van der Waals surface area contributed by atoms with E-state index in [1.165, 1.54) is 0 Å². The van der Waals surface area contributed by atoms with Crippen LogP contribution in [0.1, 0.15) is 21.8 Å². The van der Waals surface area contributed by atoms with Gasteiger partial charge in [-0.05, 0) is 11.6 Å². The molecule has 0 radical (unpaired) electrons. The molecular weight excluding hydrogens is 280 g/mol. The van der Waals surface area contributed by atoms with Gasteiger partial charge in [0.05, 0.1) is 6.54 Å². The summed E-state index contributed by atoms with van der Waals surface area (Å²) < 4.78 is 0. The Morgan fingerprint density at radius 1 is 1.05 bits per heavy atom. The summed E-state index contributed by atoms with van der Waals surface area (Å²) in [6, 6.07) is 18.0. The number of thioether (sulfide) groups is 1. The highest BCUT2D eigenvalue weighted by Gasteiger charge is 2.52. The third-order valence-corrected chi connectivity index (χ3v) is 5.52. The molecule has 2 aromatic carbocycles. The lowest BCUT2D eigenvalue weighted by atomic mass is 9.76. The summed E-state index contributed by atoms with van der Waals surface area (Å²) >= 11 is 1.71. The van der Waals surface area contributed by atoms with Gasteiger partial charge in [0.15, 0.2) is 11.3 Å². The van der Waals surface area contributed by atoms with Crippen molar-refractivity contribution in [2.75, 3.05) is 12.3 Å². The Hall–Kier alpha value is -1.94. The summed E-state index contributed by atoms with van der Waals surface area (Å²) in [6.45, 7) is 0.596. The van der Waals surface area contributed by atoms with Crippen LogP contribution in [-0.4, -0.2) is 23.6 Å². The van der Waals surface area contributed by atoms with E-state index in [1.807, 2.05) is 42.5 Å². The zero-order valence-electron chi connectivity index (χ0n) is 11.4. The monoisotopic (exact) mass is 294 g/mol. The van der Waals surface area contributed by atoms with Crippen LogP contribution in [0.15, 0.2) is 69.7 Å². The van der Waals surface area contributed by atoms with Gasteiger partial charge >= 0.3 is 0 Å². The first-order valence-corrected chi connectivity index (χ1v) is 8.00. The van der Waals surface area contributed by atoms with Gasteiger partial charge in [-0.25, -0.2) is 0 Å². The number of rotatable bonds is 1. The van der Waals surface area contributed by atoms with Crippen LogP contribution < -0.4 is 0 Å². The van der Waals surface area contributed by atoms with Gasteiger partial charge in [0, 0.05) is 22.1 Å². The zero-order valence-corrected chi connectivity index (χ0v) is 12.2. The van der Waals surface area contributed by atoms with E-state index in [2.05, 4.69) is 22.4 Å². The van der Waals surface area contributed by atoms with Gasteiger partial charge in [-0.15, -0.1) is 11.8 Å². The number of hydrogen-bond donors (Lipinski definition) is 0. The number of fused-ring (bicyclic) bond motifs is 1. The molecule has 2 aromatic rings. The van der Waals surface area contributed by atoms with E-state index < -0.39 is 5.54 Å². The van der Waals surface area contributed by atoms with Crippen LogP contribution in [-0.2, 0) is 0 Å². The number of ketones is 1. The second-order valence-electron chi connectivity index (χ2n) is 5.43. The molecule has 2 aliphatic rings. The molecule has 0 unspecified atom stereocenters. The Labute approximate surface area is 127 Å². The summed E-state index contributed by atoms with van der Waals surface area (Å²) in [5.41, 5.74) is 1.21. The Morgan fingerprint density at radius 3 is 2.67 bits per heavy atom. The van der Waals surface area contributed by atoms with Crippen molar-refractivity contribution < 1.29 is 4.79 Å². The number of azo groups is 1. The standard InChI is InChI=1S/C17H14N2OS/c20-16-13-8-4-5-9-15(13)21-11-17(16)14(10-18-19-17)12-6-2-1-3-7-12/h1-9,14H,10-11H2/t14-,17-/m1/s1. The minimum absolute atomic E-state index is 0.0482. The first-order valence-electron chi connectivity index (χ1n) is 7.01. The molecule has 0 saturated carbocycles. The minimum Gasteiger partial charge on any atom is -0.291 e. The van der Waals surface area contributed by atoms with Crippen molar-refractivity contribution in [1.82, 2.24) is 0 Å². The van der Waals surface area contributed by atoms with E-state index >= 15 is 0 Å². The van der Waals surface area contributed by atoms with Gasteiger partial charge in [-0.1, -0.05) is 48.5 Å². The van der Waals surface area contributed by atoms with Crippen molar-refractivity contribution in [3.63, 3.8) is 0 Å². The molecule has 0 N–H and O–H groups in total. The van der Waals surface area contributed by atoms with Crippen molar-refractivity contribution in [2.24, 2.45) is 10.2 Å². The molecule has 2 atom stereocenters. The van der Waals surface area contributed by atoms with Crippen molar-refractivity contribution >= 4 is 17.5 Å². The molecule has 104 valence electrons. The second-order valence-corrected chi connectivity index (χ2v) is 6.44. The van der Waals surface area contributed by atoms with E-state index in [-0.39, 0.29) is 11.7 Å². The SMILES string of the molecule is O=C1c2ccccc2SC[C@]12N=NC[C@@H]2c1ccccc1. The van der Waals surface area contributed by atoms with Gasteiger partial charge < -0.3 is 0 Å². The molecule has 4 heteroatoms. The summed E-state index contributed by atoms with van der Waals surface area (Å²) in [7, 11) is 0. The average molecular weight is 294 g/mol. The van der Waals surface area contributed by atoms with E-state index in [1.54, 1.807) is 11.8 Å². The second kappa shape index (κ2) is 4.81. The first kappa shape index (κ1) is 12.8. The minimum atomic E-state index is -0.722. The molecule has 21 heavy (non-hydrogen) atoms. The van der Waals surface area contributed by atoms with Gasteiger partial charge in [0.2, 0.25) is 0 Å². The maximum Gasteiger partial charge on any atom is 0.194 e. The van der Waals surface area contributed by atoms with Crippen LogP contribution in [0.3, 0.4) is 0 Å². The maximum absolute atomic E-state index is 13.1. The molecule has 0 aromatic heterocycles. The number of benzene rings is 2. The van der Waals surface area contributed by atoms with Crippen LogP contribution in [0.25, 0.3) is 0 Å². The van der Waals surface area contributed by atoms with E-state index in [0.717, 1.165) is 16.0 Å². The lowest BCUT2D eigenvalue weighted by molar-refractivity contribution is 0.0888. The highest BCUT2D eigenvalue weighted by atomic mass is 32.2. The third kappa shape index (κ3) is 1.86. The summed E-state index contributed by atoms with van der Waals surface area (Å²) in [4.78, 5) is 14.1. The highest BCUT2D eigenvalue weighted by molar-refractivity contribution is 7.99. The van der Waals surface area contributed by atoms with Crippen molar-refractivity contribution in [3.8, 4) is 0 Å². The van der Waals surface area contributed by atoms with E-state index in [9.17, 15) is 4.79 Å². The fraction of sp³-hybridized carbons (Fsp3) is 0.235. The van der Waals surface area contributed by atoms with Gasteiger partial charge in [-0.3, -0.25) is 4.79 Å². The van der Waals surface area contributed by atoms with Crippen LogP contribution >= 0.6 is 11.8 Å². The number of nitrogens with zero attached hydrogens (tertiary/aromatic N) is 2. The van der Waals surface area contributed by atoms with Gasteiger partial charge in [0.1, 0.15) is 0 Å². The van der Waals surface area contributed by atoms with Crippen LogP contribution in [0.5, 0.6) is 0 Å². The summed E-state index contributed by atoms with van der Waals surface area (Å²) in [5.74, 6) is 0.838. The fourth-order valence-electron chi connectivity index (χ4n) is 3.14. The number of hydrogen-bond acceptors (Lipinski definition) is 4. The van der Waals surface area contributed by atoms with Crippen molar-refractivity contribution in [3.05, 3.63) is 65.7 Å². The molecule has 4 rings (SSSR count). The molecular formula is C17H14N2OS. The number of Topliss-reactive ketones (excluding diaryl/α,β-unsaturated/α-hetero) is 1. The zero-order chi connectivity index (χ0) is 14.3. The van der Waals surface area contributed by atoms with Gasteiger partial charge in [-0.2, -0.15) is 10.2 Å². The highest BCUT2D eigenvalue weighted by Crippen LogP contribution is 2.47. The predicted molar refractivity (Wildman–Crippen MR) is 83.1 cm³/mol. The summed E-state index contributed by atoms with van der Waals surface area (Å²) in [5, 5.41) is 8.65. The largest absolute Gasteiger partial charge is 0.291 e. The normalized spacial score (nSPS) is 27.0. The number of carbonyl (C=O) groups excluding carboxylic acids is 1. The Bertz CT molecular complexity index is 729. The molecule has 0 saturated heterocycles.